The van der Waals surface area contributed by atoms with E-state index in [-0.39, 0.29) is 5.41 Å². The number of rotatable bonds is 6. The maximum atomic E-state index is 10.8. The Balaban J connectivity index is 4.27. The summed E-state index contributed by atoms with van der Waals surface area (Å²) < 4.78 is 26.4. The molecule has 0 amide bonds. The summed E-state index contributed by atoms with van der Waals surface area (Å²) >= 11 is 0. The van der Waals surface area contributed by atoms with Crippen LogP contribution in [-0.2, 0) is 14.3 Å². The van der Waals surface area contributed by atoms with Crippen molar-refractivity contribution < 1.29 is 12.6 Å². The van der Waals surface area contributed by atoms with Gasteiger partial charge < -0.3 is 0 Å². The monoisotopic (exact) mass is 208 g/mol. The highest BCUT2D eigenvalue weighted by molar-refractivity contribution is 7.85. The Morgan fingerprint density at radius 3 is 1.69 bits per heavy atom. The lowest BCUT2D eigenvalue weighted by molar-refractivity contribution is 0.133. The Hall–Kier alpha value is -0.0900. The minimum Gasteiger partial charge on any atom is -0.270 e. The predicted octanol–water partition coefficient (Wildman–Crippen LogP) is 2.18. The van der Waals surface area contributed by atoms with E-state index in [4.69, 9.17) is 4.18 Å². The van der Waals surface area contributed by atoms with Crippen molar-refractivity contribution in [2.24, 2.45) is 5.41 Å². The first-order valence-corrected chi connectivity index (χ1v) is 6.55. The van der Waals surface area contributed by atoms with Crippen LogP contribution >= 0.6 is 0 Å². The first-order chi connectivity index (χ1) is 5.89. The van der Waals surface area contributed by atoms with Crippen LogP contribution in [0.1, 0.15) is 40.0 Å². The van der Waals surface area contributed by atoms with Crippen LogP contribution in [0, 0.1) is 5.41 Å². The molecule has 0 aliphatic heterocycles. The van der Waals surface area contributed by atoms with E-state index in [0.29, 0.717) is 6.61 Å². The average molecular weight is 208 g/mol. The third-order valence-electron chi connectivity index (χ3n) is 2.83. The van der Waals surface area contributed by atoms with Crippen molar-refractivity contribution in [3.05, 3.63) is 0 Å². The van der Waals surface area contributed by atoms with Crippen molar-refractivity contribution in [2.45, 2.75) is 40.0 Å². The van der Waals surface area contributed by atoms with E-state index in [2.05, 4.69) is 20.8 Å². The first kappa shape index (κ1) is 12.9. The molecule has 0 radical (unpaired) electrons. The lowest BCUT2D eigenvalue weighted by Gasteiger charge is -2.29. The van der Waals surface area contributed by atoms with Gasteiger partial charge in [0.1, 0.15) is 0 Å². The van der Waals surface area contributed by atoms with Crippen LogP contribution in [0.5, 0.6) is 0 Å². The van der Waals surface area contributed by atoms with Gasteiger partial charge in [-0.05, 0) is 24.7 Å². The summed E-state index contributed by atoms with van der Waals surface area (Å²) in [6.07, 6.45) is 3.96. The molecule has 0 aromatic heterocycles. The second kappa shape index (κ2) is 4.96. The van der Waals surface area contributed by atoms with Gasteiger partial charge in [-0.3, -0.25) is 4.18 Å². The van der Waals surface area contributed by atoms with Crippen molar-refractivity contribution in [1.29, 1.82) is 0 Å². The smallest absolute Gasteiger partial charge is 0.264 e. The van der Waals surface area contributed by atoms with Crippen LogP contribution in [-0.4, -0.2) is 21.3 Å². The molecule has 0 atom stereocenters. The summed E-state index contributed by atoms with van der Waals surface area (Å²) in [6, 6.07) is 0. The lowest BCUT2D eigenvalue weighted by Crippen LogP contribution is -2.26. The van der Waals surface area contributed by atoms with Crippen LogP contribution in [0.25, 0.3) is 0 Å². The summed E-state index contributed by atoms with van der Waals surface area (Å²) in [7, 11) is -3.29. The molecule has 80 valence electrons. The SMILES string of the molecule is CCC(CC)(CC)COS(C)(=O)=O. The van der Waals surface area contributed by atoms with Crippen LogP contribution in [0.15, 0.2) is 0 Å². The first-order valence-electron chi connectivity index (χ1n) is 4.73. The minimum absolute atomic E-state index is 0.0308. The molecule has 0 rings (SSSR count). The fourth-order valence-corrected chi connectivity index (χ4v) is 1.75. The molecule has 0 aliphatic rings. The Morgan fingerprint density at radius 1 is 1.08 bits per heavy atom. The van der Waals surface area contributed by atoms with E-state index < -0.39 is 10.1 Å². The van der Waals surface area contributed by atoms with Crippen LogP contribution in [0.2, 0.25) is 0 Å². The van der Waals surface area contributed by atoms with Gasteiger partial charge in [0.05, 0.1) is 12.9 Å². The molecule has 0 aromatic rings. The summed E-state index contributed by atoms with van der Waals surface area (Å²) in [6.45, 7) is 6.52. The molecule has 4 heteroatoms. The van der Waals surface area contributed by atoms with Gasteiger partial charge in [-0.25, -0.2) is 0 Å². The van der Waals surface area contributed by atoms with Crippen molar-refractivity contribution >= 4 is 10.1 Å². The van der Waals surface area contributed by atoms with E-state index >= 15 is 0 Å². The zero-order valence-electron chi connectivity index (χ0n) is 8.96. The zero-order chi connectivity index (χ0) is 10.5. The standard InChI is InChI=1S/C9H20O3S/c1-5-9(6-2,7-3)8-12-13(4,10)11/h5-8H2,1-4H3. The molecular weight excluding hydrogens is 188 g/mol. The molecule has 13 heavy (non-hydrogen) atoms. The molecular formula is C9H20O3S. The molecule has 0 bridgehead atoms. The molecule has 0 saturated carbocycles. The van der Waals surface area contributed by atoms with E-state index in [9.17, 15) is 8.42 Å². The highest BCUT2D eigenvalue weighted by atomic mass is 32.2. The van der Waals surface area contributed by atoms with Crippen LogP contribution < -0.4 is 0 Å². The van der Waals surface area contributed by atoms with Gasteiger partial charge in [-0.15, -0.1) is 0 Å². The minimum atomic E-state index is -3.29. The Labute approximate surface area is 81.6 Å². The van der Waals surface area contributed by atoms with E-state index in [1.807, 2.05) is 0 Å². The molecule has 0 aromatic carbocycles. The van der Waals surface area contributed by atoms with Gasteiger partial charge in [0, 0.05) is 0 Å². The topological polar surface area (TPSA) is 43.4 Å². The van der Waals surface area contributed by atoms with Gasteiger partial charge >= 0.3 is 0 Å². The lowest BCUT2D eigenvalue weighted by atomic mass is 9.81. The summed E-state index contributed by atoms with van der Waals surface area (Å²) in [5.74, 6) is 0. The normalized spacial score (nSPS) is 13.2. The highest BCUT2D eigenvalue weighted by Gasteiger charge is 2.25. The molecule has 0 N–H and O–H groups in total. The zero-order valence-corrected chi connectivity index (χ0v) is 9.78. The Morgan fingerprint density at radius 2 is 1.46 bits per heavy atom. The maximum Gasteiger partial charge on any atom is 0.264 e. The molecule has 0 spiro atoms. The van der Waals surface area contributed by atoms with Crippen molar-refractivity contribution in [3.63, 3.8) is 0 Å². The predicted molar refractivity (Wildman–Crippen MR) is 54.1 cm³/mol. The maximum absolute atomic E-state index is 10.8. The number of hydrogen-bond acceptors (Lipinski definition) is 3. The molecule has 0 heterocycles. The third-order valence-corrected chi connectivity index (χ3v) is 3.38. The average Bonchev–Trinajstić information content (AvgIpc) is 2.06. The largest absolute Gasteiger partial charge is 0.270 e. The van der Waals surface area contributed by atoms with Gasteiger partial charge in [-0.2, -0.15) is 8.42 Å². The molecule has 0 saturated heterocycles. The van der Waals surface area contributed by atoms with Gasteiger partial charge in [0.2, 0.25) is 0 Å². The second-order valence-corrected chi connectivity index (χ2v) is 5.17. The van der Waals surface area contributed by atoms with Crippen molar-refractivity contribution in [2.75, 3.05) is 12.9 Å². The van der Waals surface area contributed by atoms with Gasteiger partial charge in [0.25, 0.3) is 10.1 Å². The molecule has 0 unspecified atom stereocenters. The van der Waals surface area contributed by atoms with E-state index in [1.54, 1.807) is 0 Å². The number of hydrogen-bond donors (Lipinski definition) is 0. The van der Waals surface area contributed by atoms with Gasteiger partial charge in [0.15, 0.2) is 0 Å². The second-order valence-electron chi connectivity index (χ2n) is 3.53. The summed E-state index contributed by atoms with van der Waals surface area (Å²) in [5.41, 5.74) is 0.0308. The van der Waals surface area contributed by atoms with Crippen LogP contribution in [0.4, 0.5) is 0 Å². The van der Waals surface area contributed by atoms with Gasteiger partial charge in [-0.1, -0.05) is 20.8 Å². The molecule has 0 fully saturated rings. The Kier molecular flexibility index (Phi) is 4.92. The molecule has 0 aliphatic carbocycles. The molecule has 3 nitrogen and oxygen atoms in total. The highest BCUT2D eigenvalue weighted by Crippen LogP contribution is 2.30. The van der Waals surface area contributed by atoms with E-state index in [0.717, 1.165) is 25.5 Å². The summed E-state index contributed by atoms with van der Waals surface area (Å²) in [5, 5.41) is 0. The summed E-state index contributed by atoms with van der Waals surface area (Å²) in [4.78, 5) is 0. The fourth-order valence-electron chi connectivity index (χ4n) is 1.29. The van der Waals surface area contributed by atoms with Crippen LogP contribution in [0.3, 0.4) is 0 Å². The van der Waals surface area contributed by atoms with Crippen molar-refractivity contribution in [3.8, 4) is 0 Å². The van der Waals surface area contributed by atoms with E-state index in [1.165, 1.54) is 0 Å². The Bertz CT molecular complexity index is 219. The fraction of sp³-hybridized carbons (Fsp3) is 1.00. The van der Waals surface area contributed by atoms with Crippen molar-refractivity contribution in [1.82, 2.24) is 0 Å². The third kappa shape index (κ3) is 4.62. The quantitative estimate of drug-likeness (QED) is 0.628.